The zero-order valence-electron chi connectivity index (χ0n) is 19.8. The Bertz CT molecular complexity index is 1540. The lowest BCUT2D eigenvalue weighted by molar-refractivity contribution is -0.143. The van der Waals surface area contributed by atoms with Gasteiger partial charge in [-0.25, -0.2) is 9.18 Å². The van der Waals surface area contributed by atoms with E-state index in [1.54, 1.807) is 6.07 Å². The van der Waals surface area contributed by atoms with E-state index in [0.29, 0.717) is 25.7 Å². The quantitative estimate of drug-likeness (QED) is 0.504. The van der Waals surface area contributed by atoms with E-state index >= 15 is 0 Å². The van der Waals surface area contributed by atoms with Crippen molar-refractivity contribution in [2.45, 2.75) is 51.9 Å². The molecule has 4 rings (SSSR count). The molecule has 0 radical (unpaired) electrons. The molecule has 37 heavy (non-hydrogen) atoms. The average Bonchev–Trinajstić information content (AvgIpc) is 2.85. The Morgan fingerprint density at radius 2 is 1.78 bits per heavy atom. The molecule has 1 N–H and O–H groups in total. The van der Waals surface area contributed by atoms with Gasteiger partial charge in [0, 0.05) is 6.54 Å². The number of carboxylic acid groups (broad SMARTS) is 1. The van der Waals surface area contributed by atoms with Crippen LogP contribution in [0.25, 0.3) is 10.9 Å². The van der Waals surface area contributed by atoms with E-state index in [4.69, 9.17) is 0 Å². The fraction of sp³-hybridized carbons (Fsp3) is 0.385. The number of benzene rings is 2. The van der Waals surface area contributed by atoms with Gasteiger partial charge in [0.05, 0.1) is 34.5 Å². The first kappa shape index (κ1) is 26.1. The molecular weight excluding hydrogens is 494 g/mol. The van der Waals surface area contributed by atoms with Crippen LogP contribution < -0.4 is 11.2 Å². The maximum absolute atomic E-state index is 14.4. The summed E-state index contributed by atoms with van der Waals surface area (Å²) in [6.45, 7) is 0.893. The summed E-state index contributed by atoms with van der Waals surface area (Å²) in [5, 5.41) is 18.6. The van der Waals surface area contributed by atoms with Gasteiger partial charge < -0.3 is 5.11 Å². The second-order valence-corrected chi connectivity index (χ2v) is 9.36. The van der Waals surface area contributed by atoms with E-state index in [0.717, 1.165) is 27.3 Å². The molecule has 1 aliphatic carbocycles. The smallest absolute Gasteiger partial charge is 0.417 e. The van der Waals surface area contributed by atoms with E-state index in [1.165, 1.54) is 19.1 Å². The third-order valence-electron chi connectivity index (χ3n) is 7.12. The first-order valence-electron chi connectivity index (χ1n) is 11.7. The molecule has 0 saturated heterocycles. The lowest BCUT2D eigenvalue weighted by Gasteiger charge is -2.27. The van der Waals surface area contributed by atoms with E-state index in [2.05, 4.69) is 0 Å². The molecule has 7 nitrogen and oxygen atoms in total. The number of alkyl halides is 3. The van der Waals surface area contributed by atoms with Gasteiger partial charge in [0.15, 0.2) is 0 Å². The average molecular weight is 517 g/mol. The Morgan fingerprint density at radius 3 is 2.38 bits per heavy atom. The summed E-state index contributed by atoms with van der Waals surface area (Å²) in [7, 11) is 0. The minimum atomic E-state index is -4.79. The van der Waals surface area contributed by atoms with Gasteiger partial charge in [-0.15, -0.1) is 0 Å². The van der Waals surface area contributed by atoms with Crippen molar-refractivity contribution in [1.82, 2.24) is 9.13 Å². The standard InChI is InChI=1S/C26H23F4N3O4/c1-14-20(27)9-10-21-22(14)23(34)33(12-15-5-7-16(8-6-15)24(35)36)25(37)32(21)13-17-3-2-4-19(18(17)11-31)26(28,29)30/h2-4,9-10,15-16H,5-8,12-13H2,1H3,(H,35,36)/t15-,16-. The number of aliphatic carboxylic acids is 1. The molecular formula is C26H23F4N3O4. The number of nitrogens with zero attached hydrogens (tertiary/aromatic N) is 3. The molecule has 1 heterocycles. The second kappa shape index (κ2) is 9.84. The van der Waals surface area contributed by atoms with Crippen molar-refractivity contribution in [3.63, 3.8) is 0 Å². The summed E-state index contributed by atoms with van der Waals surface area (Å²) in [5.41, 5.74) is -3.35. The molecule has 1 aliphatic rings. The number of hydrogen-bond acceptors (Lipinski definition) is 4. The highest BCUT2D eigenvalue weighted by Crippen LogP contribution is 2.33. The van der Waals surface area contributed by atoms with Gasteiger partial charge in [-0.2, -0.15) is 18.4 Å². The van der Waals surface area contributed by atoms with Crippen LogP contribution in [-0.4, -0.2) is 20.2 Å². The summed E-state index contributed by atoms with van der Waals surface area (Å²) in [5.74, 6) is -2.25. The van der Waals surface area contributed by atoms with Crippen molar-refractivity contribution in [2.75, 3.05) is 0 Å². The first-order chi connectivity index (χ1) is 17.4. The minimum Gasteiger partial charge on any atom is -0.481 e. The third kappa shape index (κ3) is 4.88. The normalized spacial score (nSPS) is 18.1. The maximum atomic E-state index is 14.4. The number of carboxylic acids is 1. The Hall–Kier alpha value is -3.94. The molecule has 1 fully saturated rings. The first-order valence-corrected chi connectivity index (χ1v) is 11.7. The summed E-state index contributed by atoms with van der Waals surface area (Å²) in [4.78, 5) is 38.2. The van der Waals surface area contributed by atoms with Crippen LogP contribution in [0.1, 0.15) is 47.9 Å². The summed E-state index contributed by atoms with van der Waals surface area (Å²) >= 11 is 0. The number of halogens is 4. The van der Waals surface area contributed by atoms with Gasteiger partial charge in [-0.05, 0) is 67.9 Å². The number of carbonyl (C=O) groups is 1. The van der Waals surface area contributed by atoms with Gasteiger partial charge >= 0.3 is 17.8 Å². The van der Waals surface area contributed by atoms with Crippen LogP contribution >= 0.6 is 0 Å². The van der Waals surface area contributed by atoms with Crippen LogP contribution in [0.3, 0.4) is 0 Å². The number of aryl methyl sites for hydroxylation is 1. The molecule has 1 aromatic heterocycles. The Labute approximate surface area is 208 Å². The molecule has 11 heteroatoms. The van der Waals surface area contributed by atoms with E-state index in [-0.39, 0.29) is 34.5 Å². The van der Waals surface area contributed by atoms with Crippen LogP contribution in [-0.2, 0) is 24.1 Å². The molecule has 0 amide bonds. The Kier molecular flexibility index (Phi) is 6.95. The number of rotatable bonds is 5. The summed E-state index contributed by atoms with van der Waals surface area (Å²) in [6.07, 6.45) is -3.08. The Balaban J connectivity index is 1.87. The minimum absolute atomic E-state index is 0.0101. The van der Waals surface area contributed by atoms with Gasteiger partial charge in [0.25, 0.3) is 5.56 Å². The molecule has 2 aromatic carbocycles. The van der Waals surface area contributed by atoms with Crippen molar-refractivity contribution in [1.29, 1.82) is 5.26 Å². The van der Waals surface area contributed by atoms with Gasteiger partial charge in [-0.3, -0.25) is 18.7 Å². The van der Waals surface area contributed by atoms with Crippen molar-refractivity contribution in [2.24, 2.45) is 11.8 Å². The van der Waals surface area contributed by atoms with Crippen molar-refractivity contribution >= 4 is 16.9 Å². The molecule has 3 aromatic rings. The zero-order chi connectivity index (χ0) is 27.1. The van der Waals surface area contributed by atoms with E-state index in [1.807, 2.05) is 0 Å². The predicted molar refractivity (Wildman–Crippen MR) is 126 cm³/mol. The predicted octanol–water partition coefficient (Wildman–Crippen LogP) is 4.44. The molecule has 194 valence electrons. The molecule has 0 aliphatic heterocycles. The maximum Gasteiger partial charge on any atom is 0.417 e. The molecule has 0 unspecified atom stereocenters. The SMILES string of the molecule is Cc1c(F)ccc2c1c(=O)n(C[C@H]1CC[C@H](C(=O)O)CC1)c(=O)n2Cc1cccc(C(F)(F)F)c1C#N. The van der Waals surface area contributed by atoms with Crippen LogP contribution in [0.15, 0.2) is 39.9 Å². The van der Waals surface area contributed by atoms with Gasteiger partial charge in [-0.1, -0.05) is 12.1 Å². The largest absolute Gasteiger partial charge is 0.481 e. The fourth-order valence-electron chi connectivity index (χ4n) is 5.07. The topological polar surface area (TPSA) is 105 Å². The molecule has 0 bridgehead atoms. The molecule has 0 spiro atoms. The van der Waals surface area contributed by atoms with Crippen molar-refractivity contribution in [3.8, 4) is 6.07 Å². The van der Waals surface area contributed by atoms with Gasteiger partial charge in [0.2, 0.25) is 0 Å². The number of nitriles is 1. The lowest BCUT2D eigenvalue weighted by atomic mass is 9.82. The zero-order valence-corrected chi connectivity index (χ0v) is 19.8. The Morgan fingerprint density at radius 1 is 1.11 bits per heavy atom. The fourth-order valence-corrected chi connectivity index (χ4v) is 5.07. The van der Waals surface area contributed by atoms with E-state index < -0.39 is 52.8 Å². The monoisotopic (exact) mass is 517 g/mol. The highest BCUT2D eigenvalue weighted by Gasteiger charge is 2.34. The molecule has 1 saturated carbocycles. The van der Waals surface area contributed by atoms with Crippen LogP contribution in [0.4, 0.5) is 17.6 Å². The van der Waals surface area contributed by atoms with Crippen LogP contribution in [0, 0.1) is 35.9 Å². The highest BCUT2D eigenvalue weighted by molar-refractivity contribution is 5.82. The number of aromatic nitrogens is 2. The number of hydrogen-bond donors (Lipinski definition) is 1. The van der Waals surface area contributed by atoms with Crippen LogP contribution in [0.5, 0.6) is 0 Å². The number of fused-ring (bicyclic) bond motifs is 1. The van der Waals surface area contributed by atoms with Crippen molar-refractivity contribution in [3.05, 3.63) is 79.2 Å². The van der Waals surface area contributed by atoms with Crippen molar-refractivity contribution < 1.29 is 27.5 Å². The second-order valence-electron chi connectivity index (χ2n) is 9.36. The summed E-state index contributed by atoms with van der Waals surface area (Å²) < 4.78 is 57.0. The van der Waals surface area contributed by atoms with E-state index in [9.17, 15) is 42.3 Å². The lowest BCUT2D eigenvalue weighted by Crippen LogP contribution is -2.42. The molecule has 0 atom stereocenters. The van der Waals surface area contributed by atoms with Crippen LogP contribution in [0.2, 0.25) is 0 Å². The highest BCUT2D eigenvalue weighted by atomic mass is 19.4. The van der Waals surface area contributed by atoms with Gasteiger partial charge in [0.1, 0.15) is 11.9 Å². The summed E-state index contributed by atoms with van der Waals surface area (Å²) in [6, 6.07) is 7.07. The third-order valence-corrected chi connectivity index (χ3v) is 7.12.